The number of amides is 1. The van der Waals surface area contributed by atoms with Crippen LogP contribution in [0.4, 0.5) is 27.6 Å². The van der Waals surface area contributed by atoms with Gasteiger partial charge in [-0.1, -0.05) is 24.3 Å². The summed E-state index contributed by atoms with van der Waals surface area (Å²) in [5.41, 5.74) is 0.914. The van der Waals surface area contributed by atoms with E-state index < -0.39 is 40.7 Å². The number of carbonyl (C=O) groups is 1. The first kappa shape index (κ1) is 17.3. The number of halogens is 5. The normalized spacial score (nSPS) is 16.4. The van der Waals surface area contributed by atoms with E-state index in [0.717, 1.165) is 16.9 Å². The highest BCUT2D eigenvalue weighted by Gasteiger charge is 2.28. The van der Waals surface area contributed by atoms with Crippen molar-refractivity contribution in [3.05, 3.63) is 64.5 Å². The Kier molecular flexibility index (Phi) is 4.71. The molecule has 2 aromatic carbocycles. The van der Waals surface area contributed by atoms with Gasteiger partial charge in [0.2, 0.25) is 5.82 Å². The van der Waals surface area contributed by atoms with Crippen LogP contribution in [0.25, 0.3) is 0 Å². The molecule has 0 saturated heterocycles. The molecule has 1 heterocycles. The molecule has 0 bridgehead atoms. The molecule has 0 aliphatic carbocycles. The zero-order valence-corrected chi connectivity index (χ0v) is 12.9. The van der Waals surface area contributed by atoms with Gasteiger partial charge in [-0.15, -0.1) is 0 Å². The van der Waals surface area contributed by atoms with Crippen LogP contribution in [0.5, 0.6) is 0 Å². The number of anilines is 1. The quantitative estimate of drug-likeness (QED) is 0.492. The molecule has 3 rings (SSSR count). The van der Waals surface area contributed by atoms with Crippen LogP contribution in [0.1, 0.15) is 11.1 Å². The third-order valence-electron chi connectivity index (χ3n) is 4.19. The molecule has 0 radical (unpaired) electrons. The summed E-state index contributed by atoms with van der Waals surface area (Å²) in [4.78, 5) is 12.8. The molecule has 0 saturated carbocycles. The summed E-state index contributed by atoms with van der Waals surface area (Å²) in [5.74, 6) is -11.4. The van der Waals surface area contributed by atoms with Gasteiger partial charge in [0.15, 0.2) is 29.8 Å². The smallest absolute Gasteiger partial charge is 0.279 e. The Bertz CT molecular complexity index is 811. The number of hydrogen-bond acceptors (Lipinski definition) is 1. The lowest BCUT2D eigenvalue weighted by molar-refractivity contribution is -0.907. The minimum Gasteiger partial charge on any atom is -0.323 e. The standard InChI is InChI=1S/C17H13F5N2O/c18-12-13(19)15(21)17(16(22)14(12)20)23-11(25)8-24-6-5-9-3-1-2-4-10(9)7-24/h1-4H,5-8H2,(H,23,25)/p+1. The van der Waals surface area contributed by atoms with Crippen molar-refractivity contribution in [3.63, 3.8) is 0 Å². The van der Waals surface area contributed by atoms with E-state index in [1.165, 1.54) is 5.56 Å². The maximum absolute atomic E-state index is 13.6. The van der Waals surface area contributed by atoms with Crippen LogP contribution in [0.15, 0.2) is 24.3 Å². The summed E-state index contributed by atoms with van der Waals surface area (Å²) >= 11 is 0. The average molecular weight is 357 g/mol. The molecule has 132 valence electrons. The summed E-state index contributed by atoms with van der Waals surface area (Å²) in [6.45, 7) is 1.02. The average Bonchev–Trinajstić information content (AvgIpc) is 2.62. The molecule has 1 unspecified atom stereocenters. The van der Waals surface area contributed by atoms with Crippen LogP contribution in [-0.2, 0) is 17.8 Å². The summed E-state index contributed by atoms with van der Waals surface area (Å²) in [5, 5.41) is 1.80. The Morgan fingerprint density at radius 1 is 0.920 bits per heavy atom. The molecular weight excluding hydrogens is 343 g/mol. The first-order valence-corrected chi connectivity index (χ1v) is 7.60. The van der Waals surface area contributed by atoms with Crippen LogP contribution in [0.3, 0.4) is 0 Å². The van der Waals surface area contributed by atoms with E-state index in [1.807, 2.05) is 24.3 Å². The molecule has 0 aromatic heterocycles. The topological polar surface area (TPSA) is 33.5 Å². The van der Waals surface area contributed by atoms with E-state index in [0.29, 0.717) is 13.1 Å². The van der Waals surface area contributed by atoms with Crippen molar-refractivity contribution in [1.29, 1.82) is 0 Å². The lowest BCUT2D eigenvalue weighted by atomic mass is 10.00. The van der Waals surface area contributed by atoms with Gasteiger partial charge in [0.1, 0.15) is 12.2 Å². The van der Waals surface area contributed by atoms with Crippen molar-refractivity contribution >= 4 is 11.6 Å². The number of hydrogen-bond donors (Lipinski definition) is 2. The molecule has 1 aliphatic heterocycles. The molecular formula is C17H14F5N2O+. The summed E-state index contributed by atoms with van der Waals surface area (Å²) in [6, 6.07) is 7.70. The second-order valence-corrected chi connectivity index (χ2v) is 5.87. The Morgan fingerprint density at radius 3 is 2.12 bits per heavy atom. The first-order valence-electron chi connectivity index (χ1n) is 7.60. The summed E-state index contributed by atoms with van der Waals surface area (Å²) in [7, 11) is 0. The van der Waals surface area contributed by atoms with Crippen molar-refractivity contribution in [2.45, 2.75) is 13.0 Å². The molecule has 1 amide bonds. The number of fused-ring (bicyclic) bond motifs is 1. The molecule has 8 heteroatoms. The van der Waals surface area contributed by atoms with Gasteiger partial charge in [-0.2, -0.15) is 0 Å². The molecule has 2 aromatic rings. The predicted molar refractivity (Wildman–Crippen MR) is 79.4 cm³/mol. The van der Waals surface area contributed by atoms with Gasteiger partial charge in [-0.05, 0) is 5.56 Å². The number of nitrogens with one attached hydrogen (secondary N) is 2. The number of quaternary nitrogens is 1. The monoisotopic (exact) mass is 357 g/mol. The van der Waals surface area contributed by atoms with Crippen LogP contribution in [-0.4, -0.2) is 19.0 Å². The van der Waals surface area contributed by atoms with Crippen molar-refractivity contribution in [3.8, 4) is 0 Å². The zero-order chi connectivity index (χ0) is 18.1. The zero-order valence-electron chi connectivity index (χ0n) is 12.9. The fourth-order valence-electron chi connectivity index (χ4n) is 2.92. The van der Waals surface area contributed by atoms with E-state index in [-0.39, 0.29) is 6.54 Å². The van der Waals surface area contributed by atoms with E-state index >= 15 is 0 Å². The molecule has 0 fully saturated rings. The maximum atomic E-state index is 13.6. The molecule has 2 N–H and O–H groups in total. The van der Waals surface area contributed by atoms with Crippen LogP contribution in [0, 0.1) is 29.1 Å². The maximum Gasteiger partial charge on any atom is 0.279 e. The van der Waals surface area contributed by atoms with Crippen molar-refractivity contribution < 1.29 is 31.6 Å². The van der Waals surface area contributed by atoms with Crippen LogP contribution < -0.4 is 10.2 Å². The van der Waals surface area contributed by atoms with Gasteiger partial charge in [-0.25, -0.2) is 22.0 Å². The fourth-order valence-corrected chi connectivity index (χ4v) is 2.92. The van der Waals surface area contributed by atoms with E-state index in [2.05, 4.69) is 0 Å². The van der Waals surface area contributed by atoms with E-state index in [4.69, 9.17) is 0 Å². The minimum absolute atomic E-state index is 0.145. The Labute approximate surface area is 140 Å². The Balaban J connectivity index is 1.72. The molecule has 0 spiro atoms. The van der Waals surface area contributed by atoms with Gasteiger partial charge >= 0.3 is 0 Å². The summed E-state index contributed by atoms with van der Waals surface area (Å²) < 4.78 is 66.5. The SMILES string of the molecule is O=C(C[NH+]1CCc2ccccc2C1)Nc1c(F)c(F)c(F)c(F)c1F. The second kappa shape index (κ2) is 6.79. The molecule has 25 heavy (non-hydrogen) atoms. The molecule has 1 aliphatic rings. The Hall–Kier alpha value is -2.48. The van der Waals surface area contributed by atoms with Gasteiger partial charge in [0, 0.05) is 12.0 Å². The van der Waals surface area contributed by atoms with Crippen molar-refractivity contribution in [2.75, 3.05) is 18.4 Å². The highest BCUT2D eigenvalue weighted by molar-refractivity contribution is 5.91. The van der Waals surface area contributed by atoms with Crippen molar-refractivity contribution in [2.24, 2.45) is 0 Å². The van der Waals surface area contributed by atoms with E-state index in [9.17, 15) is 26.7 Å². The Morgan fingerprint density at radius 2 is 1.48 bits per heavy atom. The van der Waals surface area contributed by atoms with Gasteiger partial charge in [0.05, 0.1) is 6.54 Å². The largest absolute Gasteiger partial charge is 0.323 e. The van der Waals surface area contributed by atoms with E-state index in [1.54, 1.807) is 5.32 Å². The third kappa shape index (κ3) is 3.34. The van der Waals surface area contributed by atoms with Crippen LogP contribution >= 0.6 is 0 Å². The third-order valence-corrected chi connectivity index (χ3v) is 4.19. The summed E-state index contributed by atoms with van der Waals surface area (Å²) in [6.07, 6.45) is 0.737. The van der Waals surface area contributed by atoms with Crippen LogP contribution in [0.2, 0.25) is 0 Å². The number of rotatable bonds is 3. The first-order chi connectivity index (χ1) is 11.9. The minimum atomic E-state index is -2.26. The lowest BCUT2D eigenvalue weighted by Gasteiger charge is -2.25. The van der Waals surface area contributed by atoms with Gasteiger partial charge < -0.3 is 10.2 Å². The number of benzene rings is 2. The fraction of sp³-hybridized carbons (Fsp3) is 0.235. The number of carbonyl (C=O) groups excluding carboxylic acids is 1. The van der Waals surface area contributed by atoms with Crippen molar-refractivity contribution in [1.82, 2.24) is 0 Å². The van der Waals surface area contributed by atoms with Gasteiger partial charge in [-0.3, -0.25) is 4.79 Å². The van der Waals surface area contributed by atoms with Gasteiger partial charge in [0.25, 0.3) is 5.91 Å². The predicted octanol–water partition coefficient (Wildman–Crippen LogP) is 1.96. The highest BCUT2D eigenvalue weighted by atomic mass is 19.2. The highest BCUT2D eigenvalue weighted by Crippen LogP contribution is 2.26. The lowest BCUT2D eigenvalue weighted by Crippen LogP contribution is -3.12. The second-order valence-electron chi connectivity index (χ2n) is 5.87. The molecule has 3 nitrogen and oxygen atoms in total. The molecule has 1 atom stereocenters.